The maximum absolute atomic E-state index is 12.2. The van der Waals surface area contributed by atoms with Crippen LogP contribution >= 0.6 is 0 Å². The van der Waals surface area contributed by atoms with Gasteiger partial charge in [-0.05, 0) is 44.4 Å². The fourth-order valence-corrected chi connectivity index (χ4v) is 3.63. The van der Waals surface area contributed by atoms with Crippen LogP contribution in [0.15, 0.2) is 61.7 Å². The summed E-state index contributed by atoms with van der Waals surface area (Å²) >= 11 is 0. The second kappa shape index (κ2) is 10.8. The average Bonchev–Trinajstić information content (AvgIpc) is 3.32. The minimum Gasteiger partial charge on any atom is -0.494 e. The highest BCUT2D eigenvalue weighted by Gasteiger charge is 2.17. The van der Waals surface area contributed by atoms with Crippen LogP contribution < -0.4 is 20.3 Å². The molecular weight excluding hydrogens is 458 g/mol. The van der Waals surface area contributed by atoms with Crippen molar-refractivity contribution in [2.75, 3.05) is 56.9 Å². The summed E-state index contributed by atoms with van der Waals surface area (Å²) in [4.78, 5) is 33.8. The van der Waals surface area contributed by atoms with Gasteiger partial charge in [0, 0.05) is 38.6 Å². The summed E-state index contributed by atoms with van der Waals surface area (Å²) in [6.07, 6.45) is 6.26. The van der Waals surface area contributed by atoms with Crippen molar-refractivity contribution in [3.63, 3.8) is 0 Å². The van der Waals surface area contributed by atoms with Gasteiger partial charge in [-0.15, -0.1) is 0 Å². The lowest BCUT2D eigenvalue weighted by Gasteiger charge is -2.26. The summed E-state index contributed by atoms with van der Waals surface area (Å²) in [5.74, 6) is 1.01. The van der Waals surface area contributed by atoms with Gasteiger partial charge >= 0.3 is 0 Å². The van der Waals surface area contributed by atoms with Crippen molar-refractivity contribution < 1.29 is 9.53 Å². The van der Waals surface area contributed by atoms with E-state index in [1.165, 1.54) is 12.4 Å². The van der Waals surface area contributed by atoms with E-state index in [1.54, 1.807) is 19.4 Å². The molecule has 2 N–H and O–H groups in total. The number of methoxy groups -OCH3 is 1. The van der Waals surface area contributed by atoms with Crippen molar-refractivity contribution in [1.82, 2.24) is 29.4 Å². The van der Waals surface area contributed by atoms with E-state index in [2.05, 4.69) is 46.9 Å². The van der Waals surface area contributed by atoms with Crippen LogP contribution in [0.4, 0.5) is 23.0 Å². The zero-order valence-corrected chi connectivity index (χ0v) is 20.8. The van der Waals surface area contributed by atoms with Crippen LogP contribution in [0.3, 0.4) is 0 Å². The summed E-state index contributed by atoms with van der Waals surface area (Å²) in [5, 5.41) is 6.09. The fourth-order valence-electron chi connectivity index (χ4n) is 3.63. The second-order valence-corrected chi connectivity index (χ2v) is 8.32. The molecule has 11 heteroatoms. The normalized spacial score (nSPS) is 10.9. The third-order valence-electron chi connectivity index (χ3n) is 5.53. The van der Waals surface area contributed by atoms with Crippen molar-refractivity contribution >= 4 is 40.0 Å². The van der Waals surface area contributed by atoms with Crippen molar-refractivity contribution in [3.05, 3.63) is 61.7 Å². The predicted molar refractivity (Wildman–Crippen MR) is 141 cm³/mol. The Bertz CT molecular complexity index is 1380. The molecule has 0 aliphatic heterocycles. The van der Waals surface area contributed by atoms with Gasteiger partial charge in [-0.3, -0.25) is 14.3 Å². The number of aromatic nitrogens is 5. The quantitative estimate of drug-likeness (QED) is 0.326. The van der Waals surface area contributed by atoms with Crippen LogP contribution in [-0.4, -0.2) is 76.7 Å². The van der Waals surface area contributed by atoms with E-state index in [0.29, 0.717) is 29.0 Å². The molecule has 0 unspecified atom stereocenters. The lowest BCUT2D eigenvalue weighted by Crippen LogP contribution is -2.29. The Labute approximate surface area is 209 Å². The largest absolute Gasteiger partial charge is 0.494 e. The Morgan fingerprint density at radius 3 is 2.72 bits per heavy atom. The number of fused-ring (bicyclic) bond motifs is 1. The molecule has 0 atom stereocenters. The number of rotatable bonds is 10. The maximum atomic E-state index is 12.2. The number of carbonyl (C=O) groups is 1. The standard InChI is InChI=1S/C25H29N9O2/c1-6-23(35)29-18-14-19(22(36-5)15-21(18)33(4)13-12-32(2)3)30-24-27-16-28-25(31-24)34-11-9-17-20(34)8-7-10-26-17/h6-11,14-16H,1,12-13H2,2-5H3,(H,29,35)(H,27,28,30,31). The van der Waals surface area contributed by atoms with Gasteiger partial charge in [0.05, 0.1) is 35.2 Å². The molecule has 0 spiro atoms. The van der Waals surface area contributed by atoms with Crippen molar-refractivity contribution in [2.24, 2.45) is 0 Å². The molecule has 1 aromatic carbocycles. The molecule has 1 amide bonds. The number of hydrogen-bond donors (Lipinski definition) is 2. The number of amides is 1. The molecule has 0 aliphatic carbocycles. The minimum absolute atomic E-state index is 0.316. The Morgan fingerprint density at radius 2 is 1.97 bits per heavy atom. The number of anilines is 4. The highest BCUT2D eigenvalue weighted by Crippen LogP contribution is 2.37. The fraction of sp³-hybridized carbons (Fsp3) is 0.240. The molecule has 0 aliphatic rings. The lowest BCUT2D eigenvalue weighted by atomic mass is 10.2. The number of carbonyl (C=O) groups excluding carboxylic acids is 1. The highest BCUT2D eigenvalue weighted by atomic mass is 16.5. The predicted octanol–water partition coefficient (Wildman–Crippen LogP) is 3.09. The smallest absolute Gasteiger partial charge is 0.247 e. The number of nitrogens with one attached hydrogen (secondary N) is 2. The molecule has 11 nitrogen and oxygen atoms in total. The summed E-state index contributed by atoms with van der Waals surface area (Å²) in [6.45, 7) is 5.15. The molecule has 0 saturated carbocycles. The Hall–Kier alpha value is -4.51. The maximum Gasteiger partial charge on any atom is 0.247 e. The third-order valence-corrected chi connectivity index (χ3v) is 5.53. The number of nitrogens with zero attached hydrogens (tertiary/aromatic N) is 7. The lowest BCUT2D eigenvalue weighted by molar-refractivity contribution is -0.111. The molecule has 0 saturated heterocycles. The van der Waals surface area contributed by atoms with Crippen LogP contribution in [-0.2, 0) is 4.79 Å². The molecule has 3 aromatic heterocycles. The van der Waals surface area contributed by atoms with Gasteiger partial charge in [0.25, 0.3) is 0 Å². The van der Waals surface area contributed by atoms with Crippen molar-refractivity contribution in [2.45, 2.75) is 0 Å². The molecule has 0 radical (unpaired) electrons. The number of ether oxygens (including phenoxy) is 1. The number of hydrogen-bond acceptors (Lipinski definition) is 9. The first-order valence-corrected chi connectivity index (χ1v) is 11.3. The minimum atomic E-state index is -0.316. The highest BCUT2D eigenvalue weighted by molar-refractivity contribution is 6.02. The van der Waals surface area contributed by atoms with E-state index < -0.39 is 0 Å². The van der Waals surface area contributed by atoms with Crippen LogP contribution in [0.2, 0.25) is 0 Å². The van der Waals surface area contributed by atoms with Gasteiger partial charge in [-0.25, -0.2) is 9.97 Å². The van der Waals surface area contributed by atoms with E-state index in [9.17, 15) is 4.79 Å². The van der Waals surface area contributed by atoms with E-state index in [-0.39, 0.29) is 5.91 Å². The van der Waals surface area contributed by atoms with Gasteiger partial charge < -0.3 is 25.2 Å². The Balaban J connectivity index is 1.69. The summed E-state index contributed by atoms with van der Waals surface area (Å²) in [5.41, 5.74) is 3.70. The van der Waals surface area contributed by atoms with Crippen LogP contribution in [0, 0.1) is 0 Å². The first-order chi connectivity index (χ1) is 17.4. The topological polar surface area (TPSA) is 113 Å². The van der Waals surface area contributed by atoms with E-state index in [1.807, 2.05) is 56.2 Å². The third kappa shape index (κ3) is 5.41. The summed E-state index contributed by atoms with van der Waals surface area (Å²) in [6, 6.07) is 9.36. The molecule has 0 fully saturated rings. The summed E-state index contributed by atoms with van der Waals surface area (Å²) in [7, 11) is 7.57. The molecule has 4 rings (SSSR count). The Kier molecular flexibility index (Phi) is 7.40. The van der Waals surface area contributed by atoms with Gasteiger partial charge in [-0.2, -0.15) is 4.98 Å². The van der Waals surface area contributed by atoms with E-state index in [0.717, 1.165) is 29.8 Å². The molecule has 3 heterocycles. The first kappa shape index (κ1) is 24.6. The average molecular weight is 488 g/mol. The van der Waals surface area contributed by atoms with Crippen molar-refractivity contribution in [3.8, 4) is 11.7 Å². The Morgan fingerprint density at radius 1 is 1.14 bits per heavy atom. The van der Waals surface area contributed by atoms with Gasteiger partial charge in [0.2, 0.25) is 17.8 Å². The molecule has 0 bridgehead atoms. The zero-order valence-electron chi connectivity index (χ0n) is 20.8. The van der Waals surface area contributed by atoms with Crippen LogP contribution in [0.5, 0.6) is 5.75 Å². The van der Waals surface area contributed by atoms with Gasteiger partial charge in [-0.1, -0.05) is 6.58 Å². The van der Waals surface area contributed by atoms with Gasteiger partial charge in [0.1, 0.15) is 12.1 Å². The number of pyridine rings is 1. The van der Waals surface area contributed by atoms with Crippen LogP contribution in [0.25, 0.3) is 17.0 Å². The molecular formula is C25H29N9O2. The monoisotopic (exact) mass is 487 g/mol. The number of likely N-dealkylation sites (N-methyl/N-ethyl adjacent to an activating group) is 2. The van der Waals surface area contributed by atoms with Gasteiger partial charge in [0.15, 0.2) is 0 Å². The molecule has 4 aromatic rings. The molecule has 36 heavy (non-hydrogen) atoms. The number of benzene rings is 1. The van der Waals surface area contributed by atoms with E-state index in [4.69, 9.17) is 4.74 Å². The second-order valence-electron chi connectivity index (χ2n) is 8.32. The molecule has 186 valence electrons. The van der Waals surface area contributed by atoms with Crippen LogP contribution in [0.1, 0.15) is 0 Å². The van der Waals surface area contributed by atoms with Crippen molar-refractivity contribution in [1.29, 1.82) is 0 Å². The first-order valence-electron chi connectivity index (χ1n) is 11.3. The zero-order chi connectivity index (χ0) is 25.7. The summed E-state index contributed by atoms with van der Waals surface area (Å²) < 4.78 is 7.50. The SMILES string of the molecule is C=CC(=O)Nc1cc(Nc2ncnc(-n3ccc4ncccc43)n2)c(OC)cc1N(C)CCN(C)C. The van der Waals surface area contributed by atoms with E-state index >= 15 is 0 Å².